The zero-order valence-corrected chi connectivity index (χ0v) is 9.85. The molecular weight excluding hydrogens is 216 g/mol. The van der Waals surface area contributed by atoms with Crippen LogP contribution in [-0.4, -0.2) is 29.5 Å². The number of guanidine groups is 1. The highest BCUT2D eigenvalue weighted by molar-refractivity contribution is 5.80. The molecular formula is C11H16N6. The first-order valence-corrected chi connectivity index (χ1v) is 5.47. The van der Waals surface area contributed by atoms with Gasteiger partial charge in [-0.2, -0.15) is 5.26 Å². The number of aryl methyl sites for hydroxylation is 1. The Kier molecular flexibility index (Phi) is 6.11. The van der Waals surface area contributed by atoms with E-state index in [1.54, 1.807) is 25.6 Å². The highest BCUT2D eigenvalue weighted by Crippen LogP contribution is 1.98. The number of hydrogen-bond donors (Lipinski definition) is 2. The lowest BCUT2D eigenvalue weighted by Gasteiger charge is -2.06. The number of rotatable bonds is 5. The lowest BCUT2D eigenvalue weighted by Crippen LogP contribution is -2.34. The van der Waals surface area contributed by atoms with Crippen molar-refractivity contribution in [3.63, 3.8) is 0 Å². The summed E-state index contributed by atoms with van der Waals surface area (Å²) in [6.07, 6.45) is 9.90. The standard InChI is InChI=1S/C11H16N6/c1-13-11(17-9-12)16-5-3-2-4-10-8-14-6-7-15-10/h6-8H,2-5H2,1H3,(H2,13,16,17). The van der Waals surface area contributed by atoms with Gasteiger partial charge >= 0.3 is 0 Å². The normalized spacial score (nSPS) is 10.7. The van der Waals surface area contributed by atoms with Crippen molar-refractivity contribution in [1.29, 1.82) is 5.26 Å². The van der Waals surface area contributed by atoms with Crippen molar-refractivity contribution in [2.45, 2.75) is 19.3 Å². The summed E-state index contributed by atoms with van der Waals surface area (Å²) >= 11 is 0. The predicted octanol–water partition coefficient (Wildman–Crippen LogP) is 0.445. The van der Waals surface area contributed by atoms with Crippen LogP contribution in [0.3, 0.4) is 0 Å². The Labute approximate surface area is 101 Å². The first-order chi connectivity index (χ1) is 8.36. The average molecular weight is 232 g/mol. The molecule has 6 nitrogen and oxygen atoms in total. The molecule has 0 atom stereocenters. The molecule has 17 heavy (non-hydrogen) atoms. The molecule has 1 heterocycles. The molecule has 0 aromatic carbocycles. The third-order valence-electron chi connectivity index (χ3n) is 2.17. The van der Waals surface area contributed by atoms with E-state index in [2.05, 4.69) is 25.6 Å². The fourth-order valence-corrected chi connectivity index (χ4v) is 1.33. The maximum absolute atomic E-state index is 8.42. The number of aromatic nitrogens is 2. The topological polar surface area (TPSA) is 86.0 Å². The molecule has 0 fully saturated rings. The number of unbranched alkanes of at least 4 members (excludes halogenated alkanes) is 1. The van der Waals surface area contributed by atoms with Crippen LogP contribution >= 0.6 is 0 Å². The smallest absolute Gasteiger partial charge is 0.204 e. The van der Waals surface area contributed by atoms with Crippen LogP contribution in [-0.2, 0) is 6.42 Å². The van der Waals surface area contributed by atoms with Crippen molar-refractivity contribution in [2.24, 2.45) is 4.99 Å². The third kappa shape index (κ3) is 5.47. The number of nitrogens with zero attached hydrogens (tertiary/aromatic N) is 4. The molecule has 0 saturated heterocycles. The zero-order chi connectivity index (χ0) is 12.3. The highest BCUT2D eigenvalue weighted by Gasteiger charge is 1.96. The maximum Gasteiger partial charge on any atom is 0.204 e. The Hall–Kier alpha value is -2.16. The third-order valence-corrected chi connectivity index (χ3v) is 2.17. The fourth-order valence-electron chi connectivity index (χ4n) is 1.33. The van der Waals surface area contributed by atoms with Crippen LogP contribution in [0.25, 0.3) is 0 Å². The van der Waals surface area contributed by atoms with Crippen LogP contribution < -0.4 is 10.6 Å². The van der Waals surface area contributed by atoms with Crippen molar-refractivity contribution < 1.29 is 0 Å². The molecule has 0 spiro atoms. The van der Waals surface area contributed by atoms with Gasteiger partial charge in [0.15, 0.2) is 6.19 Å². The van der Waals surface area contributed by atoms with E-state index in [-0.39, 0.29) is 0 Å². The summed E-state index contributed by atoms with van der Waals surface area (Å²) in [5, 5.41) is 13.9. The second-order valence-electron chi connectivity index (χ2n) is 3.39. The molecule has 0 unspecified atom stereocenters. The molecule has 0 amide bonds. The summed E-state index contributed by atoms with van der Waals surface area (Å²) in [5.41, 5.74) is 1.01. The van der Waals surface area contributed by atoms with Crippen LogP contribution in [0.5, 0.6) is 0 Å². The molecule has 1 aromatic rings. The Balaban J connectivity index is 2.11. The second-order valence-corrected chi connectivity index (χ2v) is 3.39. The number of nitrogens with one attached hydrogen (secondary N) is 2. The van der Waals surface area contributed by atoms with Gasteiger partial charge in [-0.1, -0.05) is 0 Å². The van der Waals surface area contributed by atoms with Gasteiger partial charge in [0.25, 0.3) is 0 Å². The Bertz CT molecular complexity index is 381. The maximum atomic E-state index is 8.42. The van der Waals surface area contributed by atoms with Crippen LogP contribution in [0, 0.1) is 11.5 Å². The lowest BCUT2D eigenvalue weighted by molar-refractivity contribution is 0.693. The Morgan fingerprint density at radius 2 is 2.35 bits per heavy atom. The van der Waals surface area contributed by atoms with E-state index in [0.29, 0.717) is 5.96 Å². The van der Waals surface area contributed by atoms with Crippen LogP contribution in [0.4, 0.5) is 0 Å². The number of aliphatic imine (C=N–C) groups is 1. The summed E-state index contributed by atoms with van der Waals surface area (Å²) in [7, 11) is 1.63. The summed E-state index contributed by atoms with van der Waals surface area (Å²) in [4.78, 5) is 12.1. The van der Waals surface area contributed by atoms with Crippen molar-refractivity contribution in [2.75, 3.05) is 13.6 Å². The molecule has 6 heteroatoms. The minimum atomic E-state index is 0.506. The molecule has 0 aliphatic carbocycles. The first kappa shape index (κ1) is 12.9. The van der Waals surface area contributed by atoms with Crippen molar-refractivity contribution in [3.05, 3.63) is 24.3 Å². The van der Waals surface area contributed by atoms with E-state index in [1.165, 1.54) is 0 Å². The Morgan fingerprint density at radius 3 is 3.00 bits per heavy atom. The summed E-state index contributed by atoms with van der Waals surface area (Å²) in [5.74, 6) is 0.506. The van der Waals surface area contributed by atoms with Crippen molar-refractivity contribution in [1.82, 2.24) is 20.6 Å². The highest BCUT2D eigenvalue weighted by atomic mass is 15.2. The largest absolute Gasteiger partial charge is 0.356 e. The van der Waals surface area contributed by atoms with Gasteiger partial charge < -0.3 is 5.32 Å². The van der Waals surface area contributed by atoms with E-state index in [0.717, 1.165) is 31.5 Å². The minimum Gasteiger partial charge on any atom is -0.356 e. The van der Waals surface area contributed by atoms with Gasteiger partial charge in [-0.05, 0) is 19.3 Å². The van der Waals surface area contributed by atoms with E-state index >= 15 is 0 Å². The number of hydrogen-bond acceptors (Lipinski definition) is 4. The summed E-state index contributed by atoms with van der Waals surface area (Å²) in [6, 6.07) is 0. The predicted molar refractivity (Wildman–Crippen MR) is 65.1 cm³/mol. The first-order valence-electron chi connectivity index (χ1n) is 5.47. The summed E-state index contributed by atoms with van der Waals surface area (Å²) < 4.78 is 0. The zero-order valence-electron chi connectivity index (χ0n) is 9.85. The molecule has 2 N–H and O–H groups in total. The quantitative estimate of drug-likeness (QED) is 0.253. The monoisotopic (exact) mass is 232 g/mol. The van der Waals surface area contributed by atoms with Gasteiger partial charge in [0.1, 0.15) is 0 Å². The molecule has 0 aliphatic heterocycles. The molecule has 1 rings (SSSR count). The Morgan fingerprint density at radius 1 is 1.47 bits per heavy atom. The van der Waals surface area contributed by atoms with Crippen molar-refractivity contribution >= 4 is 5.96 Å². The van der Waals surface area contributed by atoms with E-state index < -0.39 is 0 Å². The summed E-state index contributed by atoms with van der Waals surface area (Å²) in [6.45, 7) is 0.779. The van der Waals surface area contributed by atoms with E-state index in [1.807, 2.05) is 6.19 Å². The van der Waals surface area contributed by atoms with Crippen LogP contribution in [0.2, 0.25) is 0 Å². The number of nitriles is 1. The molecule has 0 radical (unpaired) electrons. The average Bonchev–Trinajstić information content (AvgIpc) is 2.38. The van der Waals surface area contributed by atoms with E-state index in [9.17, 15) is 0 Å². The molecule has 1 aromatic heterocycles. The van der Waals surface area contributed by atoms with Crippen LogP contribution in [0.15, 0.2) is 23.6 Å². The van der Waals surface area contributed by atoms with Gasteiger partial charge in [0.2, 0.25) is 5.96 Å². The van der Waals surface area contributed by atoms with Gasteiger partial charge in [-0.15, -0.1) is 0 Å². The fraction of sp³-hybridized carbons (Fsp3) is 0.455. The van der Waals surface area contributed by atoms with Crippen molar-refractivity contribution in [3.8, 4) is 6.19 Å². The lowest BCUT2D eigenvalue weighted by atomic mass is 10.2. The van der Waals surface area contributed by atoms with Gasteiger partial charge in [0.05, 0.1) is 5.69 Å². The second kappa shape index (κ2) is 8.05. The van der Waals surface area contributed by atoms with E-state index in [4.69, 9.17) is 5.26 Å². The molecule has 0 aliphatic rings. The van der Waals surface area contributed by atoms with Crippen LogP contribution in [0.1, 0.15) is 18.5 Å². The SMILES string of the molecule is CN=C(NC#N)NCCCCc1cnccn1. The van der Waals surface area contributed by atoms with Gasteiger partial charge in [-0.3, -0.25) is 20.3 Å². The van der Waals surface area contributed by atoms with Gasteiger partial charge in [-0.25, -0.2) is 0 Å². The minimum absolute atomic E-state index is 0.506. The van der Waals surface area contributed by atoms with Gasteiger partial charge in [0, 0.05) is 32.2 Å². The molecule has 90 valence electrons. The molecule has 0 saturated carbocycles. The molecule has 0 bridgehead atoms.